The highest BCUT2D eigenvalue weighted by atomic mass is 32.2. The second-order valence-corrected chi connectivity index (χ2v) is 8.65. The van der Waals surface area contributed by atoms with Crippen molar-refractivity contribution in [1.82, 2.24) is 4.31 Å². The molecule has 0 aromatic heterocycles. The summed E-state index contributed by atoms with van der Waals surface area (Å²) in [5.41, 5.74) is 0.987. The molecule has 10 heteroatoms. The summed E-state index contributed by atoms with van der Waals surface area (Å²) < 4.78 is 40.6. The number of nitrogens with zero attached hydrogens (tertiary/aromatic N) is 2. The normalized spacial score (nSPS) is 15.1. The van der Waals surface area contributed by atoms with Crippen LogP contribution in [0.3, 0.4) is 0 Å². The van der Waals surface area contributed by atoms with Crippen molar-refractivity contribution >= 4 is 39.3 Å². The number of hydrogen-bond donors (Lipinski definition) is 1. The molecule has 0 radical (unpaired) electrons. The lowest BCUT2D eigenvalue weighted by atomic mass is 10.1. The predicted molar refractivity (Wildman–Crippen MR) is 118 cm³/mol. The highest BCUT2D eigenvalue weighted by Crippen LogP contribution is 2.30. The highest BCUT2D eigenvalue weighted by molar-refractivity contribution is 7.98. The molecule has 0 saturated heterocycles. The molecule has 1 aliphatic heterocycles. The van der Waals surface area contributed by atoms with Gasteiger partial charge in [0.15, 0.2) is 0 Å². The Hall–Kier alpha value is -2.98. The molecule has 0 atom stereocenters. The van der Waals surface area contributed by atoms with Gasteiger partial charge in [-0.05, 0) is 42.7 Å². The number of hydrogen-bond acceptors (Lipinski definition) is 6. The number of para-hydroxylation sites is 1. The number of ether oxygens (including phenoxy) is 2. The molecule has 1 amide bonds. The number of benzene rings is 2. The number of nitrogens with one attached hydrogen (secondary N) is 1. The Labute approximate surface area is 179 Å². The zero-order chi connectivity index (χ0) is 21.9. The molecular weight excluding hydrogens is 426 g/mol. The third kappa shape index (κ3) is 4.29. The Morgan fingerprint density at radius 3 is 2.53 bits per heavy atom. The van der Waals surface area contributed by atoms with E-state index in [1.54, 1.807) is 30.3 Å². The van der Waals surface area contributed by atoms with Gasteiger partial charge < -0.3 is 14.8 Å². The number of rotatable bonds is 6. The van der Waals surface area contributed by atoms with E-state index in [1.165, 1.54) is 39.1 Å². The molecule has 1 N–H and O–H groups in total. The van der Waals surface area contributed by atoms with E-state index in [4.69, 9.17) is 9.47 Å². The number of anilines is 1. The van der Waals surface area contributed by atoms with Crippen LogP contribution in [0.5, 0.6) is 11.5 Å². The standard InChI is InChI=1S/C20H21N3O5S2/c1-23-17(20(24)21-15-7-5-6-8-19(15)29-4)12-16(22-30(23,25)26)14-11-13(27-2)9-10-18(14)28-3/h5-12H,1-4H3,(H,21,24). The molecule has 1 heterocycles. The quantitative estimate of drug-likeness (QED) is 0.684. The SMILES string of the molecule is COc1ccc(OC)c(C2=NS(=O)(=O)N(C)C(C(=O)Nc3ccccc3SC)=C2)c1. The number of thioether (sulfide) groups is 1. The lowest BCUT2D eigenvalue weighted by Gasteiger charge is -2.24. The molecule has 0 fully saturated rings. The van der Waals surface area contributed by atoms with Gasteiger partial charge in [0.25, 0.3) is 5.91 Å². The van der Waals surface area contributed by atoms with Gasteiger partial charge in [-0.1, -0.05) is 12.1 Å². The van der Waals surface area contributed by atoms with Gasteiger partial charge in [0, 0.05) is 17.5 Å². The maximum Gasteiger partial charge on any atom is 0.345 e. The third-order valence-corrected chi connectivity index (χ3v) is 6.55. The molecule has 3 rings (SSSR count). The predicted octanol–water partition coefficient (Wildman–Crippen LogP) is 2.93. The topological polar surface area (TPSA) is 97.3 Å². The molecule has 0 bridgehead atoms. The zero-order valence-corrected chi connectivity index (χ0v) is 18.5. The van der Waals surface area contributed by atoms with Gasteiger partial charge in [0.05, 0.1) is 25.6 Å². The average Bonchev–Trinajstić information content (AvgIpc) is 2.75. The summed E-state index contributed by atoms with van der Waals surface area (Å²) in [7, 11) is 0.128. The van der Waals surface area contributed by atoms with Gasteiger partial charge in [-0.3, -0.25) is 4.79 Å². The van der Waals surface area contributed by atoms with Crippen molar-refractivity contribution < 1.29 is 22.7 Å². The van der Waals surface area contributed by atoms with E-state index in [2.05, 4.69) is 9.71 Å². The zero-order valence-electron chi connectivity index (χ0n) is 16.9. The lowest BCUT2D eigenvalue weighted by molar-refractivity contribution is -0.113. The molecule has 2 aromatic carbocycles. The first-order chi connectivity index (χ1) is 14.3. The Balaban J connectivity index is 2.06. The van der Waals surface area contributed by atoms with Gasteiger partial charge >= 0.3 is 10.2 Å². The van der Waals surface area contributed by atoms with E-state index < -0.39 is 16.1 Å². The number of carbonyl (C=O) groups is 1. The van der Waals surface area contributed by atoms with Crippen molar-refractivity contribution in [2.45, 2.75) is 4.90 Å². The largest absolute Gasteiger partial charge is 0.497 e. The summed E-state index contributed by atoms with van der Waals surface area (Å²) in [6.07, 6.45) is 3.30. The molecule has 158 valence electrons. The van der Waals surface area contributed by atoms with Gasteiger partial charge in [0.1, 0.15) is 17.2 Å². The van der Waals surface area contributed by atoms with Gasteiger partial charge in [-0.25, -0.2) is 4.31 Å². The van der Waals surface area contributed by atoms with Crippen LogP contribution in [-0.4, -0.2) is 51.9 Å². The maximum atomic E-state index is 13.0. The van der Waals surface area contributed by atoms with Gasteiger partial charge in [-0.15, -0.1) is 16.2 Å². The molecule has 0 spiro atoms. The van der Waals surface area contributed by atoms with E-state index in [0.29, 0.717) is 22.7 Å². The Morgan fingerprint density at radius 1 is 1.13 bits per heavy atom. The minimum atomic E-state index is -4.11. The average molecular weight is 448 g/mol. The number of amides is 1. The van der Waals surface area contributed by atoms with Crippen LogP contribution in [0.4, 0.5) is 5.69 Å². The Kier molecular flexibility index (Phi) is 6.37. The smallest absolute Gasteiger partial charge is 0.345 e. The van der Waals surface area contributed by atoms with E-state index in [-0.39, 0.29) is 11.4 Å². The first kappa shape index (κ1) is 21.7. The van der Waals surface area contributed by atoms with Crippen molar-refractivity contribution in [3.63, 3.8) is 0 Å². The van der Waals surface area contributed by atoms with E-state index >= 15 is 0 Å². The van der Waals surface area contributed by atoms with Crippen molar-refractivity contribution in [2.75, 3.05) is 32.8 Å². The molecule has 2 aromatic rings. The summed E-state index contributed by atoms with van der Waals surface area (Å²) in [4.78, 5) is 13.8. The number of allylic oxidation sites excluding steroid dienone is 1. The van der Waals surface area contributed by atoms with Crippen molar-refractivity contribution in [2.24, 2.45) is 4.40 Å². The second kappa shape index (κ2) is 8.80. The third-order valence-electron chi connectivity index (χ3n) is 4.44. The lowest BCUT2D eigenvalue weighted by Crippen LogP contribution is -2.35. The van der Waals surface area contributed by atoms with Crippen LogP contribution < -0.4 is 14.8 Å². The molecular formula is C20H21N3O5S2. The molecule has 1 aliphatic rings. The Morgan fingerprint density at radius 2 is 1.87 bits per heavy atom. The van der Waals surface area contributed by atoms with E-state index in [0.717, 1.165) is 9.20 Å². The van der Waals surface area contributed by atoms with Crippen LogP contribution in [0.1, 0.15) is 5.56 Å². The fraction of sp³-hybridized carbons (Fsp3) is 0.200. The van der Waals surface area contributed by atoms with Crippen molar-refractivity contribution in [3.8, 4) is 11.5 Å². The number of methoxy groups -OCH3 is 2. The minimum absolute atomic E-state index is 0.0687. The molecule has 0 saturated carbocycles. The van der Waals surface area contributed by atoms with Crippen molar-refractivity contribution in [1.29, 1.82) is 0 Å². The fourth-order valence-corrected chi connectivity index (χ4v) is 4.30. The maximum absolute atomic E-state index is 13.0. The highest BCUT2D eigenvalue weighted by Gasteiger charge is 2.31. The molecule has 0 aliphatic carbocycles. The molecule has 0 unspecified atom stereocenters. The van der Waals surface area contributed by atoms with Crippen LogP contribution in [0.25, 0.3) is 0 Å². The second-order valence-electron chi connectivity index (χ2n) is 6.17. The fourth-order valence-electron chi connectivity index (χ4n) is 2.84. The monoisotopic (exact) mass is 447 g/mol. The van der Waals surface area contributed by atoms with Crippen molar-refractivity contribution in [3.05, 3.63) is 59.8 Å². The number of carbonyl (C=O) groups excluding carboxylic acids is 1. The first-order valence-corrected chi connectivity index (χ1v) is 11.4. The summed E-state index contributed by atoms with van der Waals surface area (Å²) in [6.45, 7) is 0. The minimum Gasteiger partial charge on any atom is -0.497 e. The Bertz CT molecular complexity index is 1140. The van der Waals surface area contributed by atoms with Crippen LogP contribution in [0.15, 0.2) is 63.5 Å². The molecule has 8 nitrogen and oxygen atoms in total. The summed E-state index contributed by atoms with van der Waals surface area (Å²) in [5, 5.41) is 2.78. The van der Waals surface area contributed by atoms with Crippen LogP contribution >= 0.6 is 11.8 Å². The van der Waals surface area contributed by atoms with E-state index in [9.17, 15) is 13.2 Å². The van der Waals surface area contributed by atoms with Gasteiger partial charge in [0.2, 0.25) is 0 Å². The summed E-state index contributed by atoms with van der Waals surface area (Å²) in [5.74, 6) is 0.327. The van der Waals surface area contributed by atoms with Crippen LogP contribution in [0.2, 0.25) is 0 Å². The van der Waals surface area contributed by atoms with E-state index in [1.807, 2.05) is 18.4 Å². The van der Waals surface area contributed by atoms with Gasteiger partial charge in [-0.2, -0.15) is 8.42 Å². The first-order valence-electron chi connectivity index (χ1n) is 8.78. The number of likely N-dealkylation sites (N-methyl/N-ethyl adjacent to an activating group) is 1. The summed E-state index contributed by atoms with van der Waals surface area (Å²) in [6, 6.07) is 12.2. The van der Waals surface area contributed by atoms with Crippen LogP contribution in [-0.2, 0) is 15.0 Å². The van der Waals surface area contributed by atoms with Crippen LogP contribution in [0, 0.1) is 0 Å². The molecule has 30 heavy (non-hydrogen) atoms. The summed E-state index contributed by atoms with van der Waals surface area (Å²) >= 11 is 1.47.